The maximum absolute atomic E-state index is 12.6. The minimum absolute atomic E-state index is 0.179. The number of nitrogens with zero attached hydrogens (tertiary/aromatic N) is 4. The summed E-state index contributed by atoms with van der Waals surface area (Å²) in [6, 6.07) is -1.32. The van der Waals surface area contributed by atoms with Crippen LogP contribution in [0.4, 0.5) is 0 Å². The van der Waals surface area contributed by atoms with Gasteiger partial charge in [0.2, 0.25) is 11.8 Å². The van der Waals surface area contributed by atoms with Gasteiger partial charge in [0.05, 0.1) is 26.2 Å². The van der Waals surface area contributed by atoms with E-state index >= 15 is 0 Å². The summed E-state index contributed by atoms with van der Waals surface area (Å²) in [5.74, 6) is -5.88. The number of hydrogen-bond acceptors (Lipinski definition) is 10. The Kier molecular flexibility index (Phi) is 14.1. The average Bonchev–Trinajstić information content (AvgIpc) is 2.77. The molecule has 0 radical (unpaired) electrons. The molecule has 1 saturated heterocycles. The molecule has 0 aliphatic carbocycles. The molecule has 0 aromatic rings. The molecule has 37 heavy (non-hydrogen) atoms. The highest BCUT2D eigenvalue weighted by Crippen LogP contribution is 2.03. The molecule has 1 atom stereocenters. The van der Waals surface area contributed by atoms with Crippen LogP contribution in [-0.4, -0.2) is 160 Å². The van der Waals surface area contributed by atoms with E-state index < -0.39 is 41.7 Å². The quantitative estimate of drug-likeness (QED) is 0.134. The molecular formula is C21H36N6O10. The van der Waals surface area contributed by atoms with E-state index in [9.17, 15) is 49.2 Å². The number of aliphatic carboxylic acids is 4. The fraction of sp³-hybridized carbons (Fsp3) is 0.714. The van der Waals surface area contributed by atoms with Crippen LogP contribution in [0.1, 0.15) is 12.8 Å². The van der Waals surface area contributed by atoms with Crippen molar-refractivity contribution in [1.82, 2.24) is 24.9 Å². The number of carboxylic acid groups (broad SMARTS) is 4. The molecule has 1 heterocycles. The number of nitrogens with two attached hydrogens (primary N) is 1. The average molecular weight is 533 g/mol. The Labute approximate surface area is 213 Å². The standard InChI is InChI=1S/C21H36N6O10/c22-16(28)2-1-15(21(36)37)23-17(29)11-24-3-5-25(12-18(30)31)7-9-27(14-20(34)35)10-8-26(6-4-24)13-19(32)33/h15H,1-14H2,(H2,22,28)(H,23,29)(H,30,31)(H,32,33)(H,34,35)(H,36,37). The summed E-state index contributed by atoms with van der Waals surface area (Å²) < 4.78 is 0. The third-order valence-corrected chi connectivity index (χ3v) is 5.69. The van der Waals surface area contributed by atoms with Gasteiger partial charge in [-0.2, -0.15) is 0 Å². The normalized spacial score (nSPS) is 18.2. The predicted octanol–water partition coefficient (Wildman–Crippen LogP) is -3.70. The zero-order chi connectivity index (χ0) is 28.0. The maximum Gasteiger partial charge on any atom is 0.326 e. The molecule has 1 unspecified atom stereocenters. The van der Waals surface area contributed by atoms with Crippen LogP contribution < -0.4 is 11.1 Å². The molecule has 1 rings (SSSR count). The van der Waals surface area contributed by atoms with Crippen LogP contribution in [0.25, 0.3) is 0 Å². The van der Waals surface area contributed by atoms with Gasteiger partial charge >= 0.3 is 23.9 Å². The predicted molar refractivity (Wildman–Crippen MR) is 127 cm³/mol. The van der Waals surface area contributed by atoms with E-state index in [4.69, 9.17) is 5.73 Å². The van der Waals surface area contributed by atoms with Gasteiger partial charge in [-0.3, -0.25) is 43.6 Å². The first-order valence-electron chi connectivity index (χ1n) is 11.7. The minimum Gasteiger partial charge on any atom is -0.480 e. The molecule has 210 valence electrons. The molecule has 0 bridgehead atoms. The van der Waals surface area contributed by atoms with E-state index in [0.29, 0.717) is 0 Å². The summed E-state index contributed by atoms with van der Waals surface area (Å²) >= 11 is 0. The van der Waals surface area contributed by atoms with Crippen LogP contribution in [0.15, 0.2) is 0 Å². The van der Waals surface area contributed by atoms with Crippen molar-refractivity contribution in [3.05, 3.63) is 0 Å². The molecule has 0 aromatic carbocycles. The first-order chi connectivity index (χ1) is 17.3. The molecular weight excluding hydrogens is 496 g/mol. The lowest BCUT2D eigenvalue weighted by Crippen LogP contribution is -2.51. The fourth-order valence-corrected chi connectivity index (χ4v) is 3.77. The van der Waals surface area contributed by atoms with E-state index in [2.05, 4.69) is 5.32 Å². The molecule has 1 fully saturated rings. The highest BCUT2D eigenvalue weighted by molar-refractivity contribution is 5.85. The Morgan fingerprint density at radius 3 is 1.22 bits per heavy atom. The van der Waals surface area contributed by atoms with Gasteiger partial charge in [-0.1, -0.05) is 0 Å². The van der Waals surface area contributed by atoms with Crippen molar-refractivity contribution in [3.63, 3.8) is 0 Å². The molecule has 16 nitrogen and oxygen atoms in total. The summed E-state index contributed by atoms with van der Waals surface area (Å²) in [5.41, 5.74) is 5.05. The monoisotopic (exact) mass is 532 g/mol. The van der Waals surface area contributed by atoms with E-state index in [1.807, 2.05) is 0 Å². The molecule has 7 N–H and O–H groups in total. The molecule has 1 aliphatic rings. The first kappa shape index (κ1) is 31.7. The smallest absolute Gasteiger partial charge is 0.326 e. The van der Waals surface area contributed by atoms with Crippen molar-refractivity contribution >= 4 is 35.7 Å². The van der Waals surface area contributed by atoms with Crippen LogP contribution in [0, 0.1) is 0 Å². The van der Waals surface area contributed by atoms with Gasteiger partial charge in [-0.05, 0) is 6.42 Å². The highest BCUT2D eigenvalue weighted by atomic mass is 16.4. The topological polar surface area (TPSA) is 234 Å². The minimum atomic E-state index is -1.32. The summed E-state index contributed by atoms with van der Waals surface area (Å²) in [4.78, 5) is 75.4. The maximum atomic E-state index is 12.6. The largest absolute Gasteiger partial charge is 0.480 e. The Balaban J connectivity index is 2.98. The summed E-state index contributed by atoms with van der Waals surface area (Å²) in [5, 5.41) is 39.4. The van der Waals surface area contributed by atoms with Crippen molar-refractivity contribution in [1.29, 1.82) is 0 Å². The number of rotatable bonds is 13. The van der Waals surface area contributed by atoms with Crippen LogP contribution in [0.3, 0.4) is 0 Å². The zero-order valence-corrected chi connectivity index (χ0v) is 20.6. The second kappa shape index (κ2) is 16.4. The van der Waals surface area contributed by atoms with Gasteiger partial charge in [0.15, 0.2) is 0 Å². The number of hydrogen-bond donors (Lipinski definition) is 6. The molecule has 1 aliphatic heterocycles. The lowest BCUT2D eigenvalue weighted by molar-refractivity contribution is -0.142. The molecule has 16 heteroatoms. The number of carboxylic acids is 4. The Hall–Kier alpha value is -3.34. The third kappa shape index (κ3) is 14.7. The zero-order valence-electron chi connectivity index (χ0n) is 20.6. The van der Waals surface area contributed by atoms with Crippen molar-refractivity contribution < 1.29 is 49.2 Å². The van der Waals surface area contributed by atoms with E-state index in [0.717, 1.165) is 0 Å². The van der Waals surface area contributed by atoms with Crippen LogP contribution in [0.2, 0.25) is 0 Å². The van der Waals surface area contributed by atoms with Gasteiger partial charge in [-0.25, -0.2) is 4.79 Å². The van der Waals surface area contributed by atoms with Gasteiger partial charge in [0.1, 0.15) is 6.04 Å². The lowest BCUT2D eigenvalue weighted by Gasteiger charge is -2.33. The van der Waals surface area contributed by atoms with Gasteiger partial charge in [0.25, 0.3) is 0 Å². The SMILES string of the molecule is NC(=O)CCC(NC(=O)CN1CCN(CC(=O)O)CCN(CC(=O)O)CCN(CC(=O)O)CC1)C(=O)O. The summed E-state index contributed by atoms with van der Waals surface area (Å²) in [6.07, 6.45) is -0.407. The van der Waals surface area contributed by atoms with E-state index in [1.54, 1.807) is 19.6 Å². The van der Waals surface area contributed by atoms with E-state index in [-0.39, 0.29) is 91.4 Å². The van der Waals surface area contributed by atoms with Crippen molar-refractivity contribution in [2.24, 2.45) is 5.73 Å². The van der Waals surface area contributed by atoms with Gasteiger partial charge < -0.3 is 31.5 Å². The molecule has 0 aromatic heterocycles. The third-order valence-electron chi connectivity index (χ3n) is 5.69. The summed E-state index contributed by atoms with van der Waals surface area (Å²) in [7, 11) is 0. The Bertz CT molecular complexity index is 794. The van der Waals surface area contributed by atoms with Crippen molar-refractivity contribution in [3.8, 4) is 0 Å². The van der Waals surface area contributed by atoms with Gasteiger partial charge in [0, 0.05) is 58.8 Å². The number of nitrogens with one attached hydrogen (secondary N) is 1. The molecule has 0 spiro atoms. The van der Waals surface area contributed by atoms with Crippen molar-refractivity contribution in [2.75, 3.05) is 78.5 Å². The number of amides is 2. The van der Waals surface area contributed by atoms with Gasteiger partial charge in [-0.15, -0.1) is 0 Å². The lowest BCUT2D eigenvalue weighted by atomic mass is 10.1. The van der Waals surface area contributed by atoms with Crippen molar-refractivity contribution in [2.45, 2.75) is 18.9 Å². The number of carbonyl (C=O) groups is 6. The van der Waals surface area contributed by atoms with Crippen LogP contribution in [0.5, 0.6) is 0 Å². The summed E-state index contributed by atoms with van der Waals surface area (Å²) in [6.45, 7) is 0.635. The first-order valence-corrected chi connectivity index (χ1v) is 11.7. The number of carbonyl (C=O) groups excluding carboxylic acids is 2. The molecule has 0 saturated carbocycles. The Morgan fingerprint density at radius 1 is 0.622 bits per heavy atom. The fourth-order valence-electron chi connectivity index (χ4n) is 3.77. The Morgan fingerprint density at radius 2 is 0.946 bits per heavy atom. The highest BCUT2D eigenvalue weighted by Gasteiger charge is 2.24. The van der Waals surface area contributed by atoms with E-state index in [1.165, 1.54) is 0 Å². The second-order valence-corrected chi connectivity index (χ2v) is 8.75. The molecule has 2 amide bonds. The number of primary amides is 1. The van der Waals surface area contributed by atoms with Crippen LogP contribution >= 0.6 is 0 Å². The van der Waals surface area contributed by atoms with Crippen LogP contribution in [-0.2, 0) is 28.8 Å². The second-order valence-electron chi connectivity index (χ2n) is 8.75.